The van der Waals surface area contributed by atoms with Crippen LogP contribution in [0.1, 0.15) is 66.7 Å². The quantitative estimate of drug-likeness (QED) is 0.718. The van der Waals surface area contributed by atoms with Crippen molar-refractivity contribution in [2.24, 2.45) is 11.3 Å². The summed E-state index contributed by atoms with van der Waals surface area (Å²) in [4.78, 5) is 2.72. The lowest BCUT2D eigenvalue weighted by molar-refractivity contribution is 0.0979. The third kappa shape index (κ3) is 5.43. The van der Waals surface area contributed by atoms with Crippen molar-refractivity contribution in [3.8, 4) is 0 Å². The molecule has 0 aromatic carbocycles. The Morgan fingerprint density at radius 3 is 2.11 bits per heavy atom. The van der Waals surface area contributed by atoms with Crippen molar-refractivity contribution in [1.82, 2.24) is 10.2 Å². The Kier molecular flexibility index (Phi) is 7.38. The van der Waals surface area contributed by atoms with E-state index in [-0.39, 0.29) is 0 Å². The van der Waals surface area contributed by atoms with Crippen LogP contribution in [0.2, 0.25) is 0 Å². The Morgan fingerprint density at radius 1 is 1.11 bits per heavy atom. The summed E-state index contributed by atoms with van der Waals surface area (Å²) in [7, 11) is 0. The molecule has 1 aliphatic heterocycles. The molecule has 0 aromatic rings. The monoisotopic (exact) mass is 268 g/mol. The van der Waals surface area contributed by atoms with Crippen LogP contribution in [0.3, 0.4) is 0 Å². The van der Waals surface area contributed by atoms with Crippen molar-refractivity contribution in [2.45, 2.75) is 72.8 Å². The first kappa shape index (κ1) is 17.0. The molecular weight excluding hydrogens is 232 g/mol. The van der Waals surface area contributed by atoms with Gasteiger partial charge in [0.1, 0.15) is 0 Å². The van der Waals surface area contributed by atoms with Gasteiger partial charge in [-0.3, -0.25) is 0 Å². The summed E-state index contributed by atoms with van der Waals surface area (Å²) in [6.45, 7) is 16.7. The summed E-state index contributed by atoms with van der Waals surface area (Å²) in [5, 5.41) is 3.67. The van der Waals surface area contributed by atoms with Crippen molar-refractivity contribution in [3.63, 3.8) is 0 Å². The van der Waals surface area contributed by atoms with Crippen molar-refractivity contribution in [2.75, 3.05) is 26.2 Å². The Labute approximate surface area is 121 Å². The zero-order valence-electron chi connectivity index (χ0n) is 14.0. The standard InChI is InChI=1S/C17H36N2/c1-6-16-9-11-19(12-10-16)14-17(7-2,8-3)13-18-15(4)5/h15-16,18H,6-14H2,1-5H3. The molecule has 0 spiro atoms. The molecule has 1 fully saturated rings. The van der Waals surface area contributed by atoms with Gasteiger partial charge in [0.05, 0.1) is 0 Å². The molecule has 0 aliphatic carbocycles. The molecule has 0 saturated carbocycles. The van der Waals surface area contributed by atoms with E-state index in [4.69, 9.17) is 0 Å². The van der Waals surface area contributed by atoms with Crippen molar-refractivity contribution >= 4 is 0 Å². The van der Waals surface area contributed by atoms with E-state index in [2.05, 4.69) is 44.8 Å². The van der Waals surface area contributed by atoms with Crippen LogP contribution in [0.4, 0.5) is 0 Å². The number of hydrogen-bond donors (Lipinski definition) is 1. The molecule has 0 unspecified atom stereocenters. The number of likely N-dealkylation sites (tertiary alicyclic amines) is 1. The molecule has 1 saturated heterocycles. The Morgan fingerprint density at radius 2 is 1.68 bits per heavy atom. The maximum atomic E-state index is 3.67. The van der Waals surface area contributed by atoms with Gasteiger partial charge in [0.15, 0.2) is 0 Å². The van der Waals surface area contributed by atoms with Crippen LogP contribution in [0.15, 0.2) is 0 Å². The zero-order valence-corrected chi connectivity index (χ0v) is 14.0. The van der Waals surface area contributed by atoms with Crippen LogP contribution in [0.5, 0.6) is 0 Å². The SMILES string of the molecule is CCC1CCN(CC(CC)(CC)CNC(C)C)CC1. The fourth-order valence-corrected chi connectivity index (χ4v) is 3.23. The first-order valence-corrected chi connectivity index (χ1v) is 8.51. The van der Waals surface area contributed by atoms with Crippen LogP contribution < -0.4 is 5.32 Å². The zero-order chi connectivity index (χ0) is 14.3. The molecule has 1 heterocycles. The molecule has 0 radical (unpaired) electrons. The van der Waals surface area contributed by atoms with Crippen LogP contribution in [0.25, 0.3) is 0 Å². The fourth-order valence-electron chi connectivity index (χ4n) is 3.23. The highest BCUT2D eigenvalue weighted by molar-refractivity contribution is 4.85. The Hall–Kier alpha value is -0.0800. The smallest absolute Gasteiger partial charge is 0.00499 e. The average Bonchev–Trinajstić information content (AvgIpc) is 2.44. The maximum absolute atomic E-state index is 3.67. The molecular formula is C17H36N2. The number of hydrogen-bond acceptors (Lipinski definition) is 2. The molecule has 0 bridgehead atoms. The van der Waals surface area contributed by atoms with Crippen LogP contribution in [0, 0.1) is 11.3 Å². The second-order valence-corrected chi connectivity index (χ2v) is 6.87. The second kappa shape index (κ2) is 8.26. The minimum atomic E-state index is 0.476. The first-order valence-electron chi connectivity index (χ1n) is 8.51. The Bertz CT molecular complexity index is 225. The van der Waals surface area contributed by atoms with Crippen LogP contribution in [-0.2, 0) is 0 Å². The molecule has 1 N–H and O–H groups in total. The van der Waals surface area contributed by atoms with Crippen molar-refractivity contribution < 1.29 is 0 Å². The highest BCUT2D eigenvalue weighted by atomic mass is 15.1. The fraction of sp³-hybridized carbons (Fsp3) is 1.00. The van der Waals surface area contributed by atoms with E-state index in [0.29, 0.717) is 11.5 Å². The number of nitrogens with zero attached hydrogens (tertiary/aromatic N) is 1. The van der Waals surface area contributed by atoms with E-state index in [1.807, 2.05) is 0 Å². The van der Waals surface area contributed by atoms with Gasteiger partial charge >= 0.3 is 0 Å². The molecule has 0 aromatic heterocycles. The molecule has 1 rings (SSSR count). The minimum absolute atomic E-state index is 0.476. The summed E-state index contributed by atoms with van der Waals surface area (Å²) < 4.78 is 0. The van der Waals surface area contributed by atoms with Gasteiger partial charge in [-0.15, -0.1) is 0 Å². The minimum Gasteiger partial charge on any atom is -0.314 e. The van der Waals surface area contributed by atoms with E-state index < -0.39 is 0 Å². The summed E-state index contributed by atoms with van der Waals surface area (Å²) in [5.74, 6) is 0.989. The van der Waals surface area contributed by atoms with Gasteiger partial charge in [0.2, 0.25) is 0 Å². The number of nitrogens with one attached hydrogen (secondary N) is 1. The Balaban J connectivity index is 2.48. The molecule has 2 nitrogen and oxygen atoms in total. The maximum Gasteiger partial charge on any atom is 0.00499 e. The van der Waals surface area contributed by atoms with Gasteiger partial charge in [0, 0.05) is 19.1 Å². The largest absolute Gasteiger partial charge is 0.314 e. The van der Waals surface area contributed by atoms with E-state index in [0.717, 1.165) is 5.92 Å². The molecule has 19 heavy (non-hydrogen) atoms. The molecule has 2 heteroatoms. The highest BCUT2D eigenvalue weighted by Gasteiger charge is 2.30. The first-order chi connectivity index (χ1) is 9.05. The topological polar surface area (TPSA) is 15.3 Å². The predicted molar refractivity (Wildman–Crippen MR) is 85.6 cm³/mol. The van der Waals surface area contributed by atoms with E-state index >= 15 is 0 Å². The molecule has 0 amide bonds. The average molecular weight is 268 g/mol. The van der Waals surface area contributed by atoms with Crippen molar-refractivity contribution in [3.05, 3.63) is 0 Å². The van der Waals surface area contributed by atoms with Gasteiger partial charge < -0.3 is 10.2 Å². The summed E-state index contributed by atoms with van der Waals surface area (Å²) in [6, 6.07) is 0.600. The van der Waals surface area contributed by atoms with Gasteiger partial charge in [-0.2, -0.15) is 0 Å². The number of rotatable bonds is 8. The number of piperidine rings is 1. The highest BCUT2D eigenvalue weighted by Crippen LogP contribution is 2.29. The molecule has 114 valence electrons. The van der Waals surface area contributed by atoms with Gasteiger partial charge in [-0.25, -0.2) is 0 Å². The summed E-state index contributed by atoms with van der Waals surface area (Å²) in [5.41, 5.74) is 0.476. The lowest BCUT2D eigenvalue weighted by Crippen LogP contribution is -2.47. The lowest BCUT2D eigenvalue weighted by atomic mass is 9.80. The molecule has 0 atom stereocenters. The molecule has 1 aliphatic rings. The third-order valence-electron chi connectivity index (χ3n) is 5.23. The van der Waals surface area contributed by atoms with Crippen LogP contribution in [-0.4, -0.2) is 37.1 Å². The van der Waals surface area contributed by atoms with Crippen LogP contribution >= 0.6 is 0 Å². The summed E-state index contributed by atoms with van der Waals surface area (Å²) in [6.07, 6.45) is 6.78. The van der Waals surface area contributed by atoms with E-state index in [1.54, 1.807) is 0 Å². The van der Waals surface area contributed by atoms with E-state index in [9.17, 15) is 0 Å². The van der Waals surface area contributed by atoms with Gasteiger partial charge in [-0.05, 0) is 50.1 Å². The normalized spacial score (nSPS) is 19.3. The second-order valence-electron chi connectivity index (χ2n) is 6.87. The lowest BCUT2D eigenvalue weighted by Gasteiger charge is -2.41. The van der Waals surface area contributed by atoms with Crippen molar-refractivity contribution in [1.29, 1.82) is 0 Å². The predicted octanol–water partition coefficient (Wildman–Crippen LogP) is 3.91. The third-order valence-corrected chi connectivity index (χ3v) is 5.23. The van der Waals surface area contributed by atoms with E-state index in [1.165, 1.54) is 58.3 Å². The van der Waals surface area contributed by atoms with Gasteiger partial charge in [0.25, 0.3) is 0 Å². The summed E-state index contributed by atoms with van der Waals surface area (Å²) >= 11 is 0. The van der Waals surface area contributed by atoms with Gasteiger partial charge in [-0.1, -0.05) is 41.0 Å².